The third-order valence-corrected chi connectivity index (χ3v) is 21.3. The van der Waals surface area contributed by atoms with Gasteiger partial charge in [0.05, 0.1) is 0 Å². The molecule has 0 aliphatic carbocycles. The zero-order valence-corrected chi connectivity index (χ0v) is 27.1. The second-order valence-corrected chi connectivity index (χ2v) is 19.2. The summed E-state index contributed by atoms with van der Waals surface area (Å²) in [4.78, 5) is 0. The van der Waals surface area contributed by atoms with Crippen molar-refractivity contribution in [2.75, 3.05) is 26.2 Å². The summed E-state index contributed by atoms with van der Waals surface area (Å²) in [6, 6.07) is 22.2. The van der Waals surface area contributed by atoms with Crippen LogP contribution in [0.5, 0.6) is 0 Å². The van der Waals surface area contributed by atoms with Gasteiger partial charge in [-0.1, -0.05) is 0 Å². The SMILES string of the molecule is CCC(CC)(CNCCCNCC(CC)(CC)S[Te]c1ccccc1)S[Te]c1ccccc1. The topological polar surface area (TPSA) is 24.1 Å². The van der Waals surface area contributed by atoms with Crippen LogP contribution in [0.25, 0.3) is 0 Å². The van der Waals surface area contributed by atoms with E-state index < -0.39 is 0 Å². The van der Waals surface area contributed by atoms with Crippen LogP contribution in [-0.4, -0.2) is 74.8 Å². The average molecular weight is 714 g/mol. The predicted octanol–water partition coefficient (Wildman–Crippen LogP) is 5.03. The van der Waals surface area contributed by atoms with Gasteiger partial charge in [-0.2, -0.15) is 0 Å². The van der Waals surface area contributed by atoms with Crippen molar-refractivity contribution < 1.29 is 0 Å². The van der Waals surface area contributed by atoms with Crippen LogP contribution in [0.2, 0.25) is 0 Å². The van der Waals surface area contributed by atoms with Gasteiger partial charge in [-0.3, -0.25) is 0 Å². The van der Waals surface area contributed by atoms with E-state index in [1.165, 1.54) is 32.1 Å². The molecule has 33 heavy (non-hydrogen) atoms. The van der Waals surface area contributed by atoms with Crippen LogP contribution in [0.1, 0.15) is 59.8 Å². The fourth-order valence-corrected chi connectivity index (χ4v) is 17.6. The number of benzene rings is 2. The van der Waals surface area contributed by atoms with Crippen LogP contribution in [0.15, 0.2) is 60.7 Å². The molecule has 0 aromatic heterocycles. The van der Waals surface area contributed by atoms with E-state index in [1.807, 2.05) is 0 Å². The molecule has 0 heterocycles. The molecule has 184 valence electrons. The first-order valence-electron chi connectivity index (χ1n) is 12.3. The quantitative estimate of drug-likeness (QED) is 0.167. The molecule has 0 atom stereocenters. The zero-order chi connectivity index (χ0) is 23.8. The van der Waals surface area contributed by atoms with Crippen molar-refractivity contribution in [3.05, 3.63) is 60.7 Å². The Morgan fingerprint density at radius 3 is 1.30 bits per heavy atom. The average Bonchev–Trinajstić information content (AvgIpc) is 2.89. The maximum atomic E-state index is 3.80. The summed E-state index contributed by atoms with van der Waals surface area (Å²) in [6.45, 7) is 13.9. The van der Waals surface area contributed by atoms with Crippen LogP contribution in [0, 0.1) is 0 Å². The number of rotatable bonds is 18. The Kier molecular flexibility index (Phi) is 15.5. The van der Waals surface area contributed by atoms with Gasteiger partial charge >= 0.3 is 231 Å². The maximum absolute atomic E-state index is 3.80. The first-order chi connectivity index (χ1) is 16.1. The van der Waals surface area contributed by atoms with Crippen molar-refractivity contribution in [1.82, 2.24) is 10.6 Å². The molecule has 0 fully saturated rings. The van der Waals surface area contributed by atoms with E-state index in [0.29, 0.717) is 9.49 Å². The summed E-state index contributed by atoms with van der Waals surface area (Å²) in [7, 11) is 4.51. The van der Waals surface area contributed by atoms with Gasteiger partial charge in [0.25, 0.3) is 0 Å². The summed E-state index contributed by atoms with van der Waals surface area (Å²) in [5.74, 6) is 0. The molecule has 0 amide bonds. The van der Waals surface area contributed by atoms with E-state index >= 15 is 0 Å². The molecule has 0 aliphatic heterocycles. The molecule has 0 unspecified atom stereocenters. The first-order valence-corrected chi connectivity index (χ1v) is 21.9. The molecule has 0 saturated heterocycles. The molecule has 0 spiro atoms. The Labute approximate surface area is 229 Å². The monoisotopic (exact) mass is 718 g/mol. The summed E-state index contributed by atoms with van der Waals surface area (Å²) in [6.07, 6.45) is 6.18. The molecule has 2 N–H and O–H groups in total. The van der Waals surface area contributed by atoms with E-state index in [2.05, 4.69) is 117 Å². The van der Waals surface area contributed by atoms with Gasteiger partial charge in [-0.15, -0.1) is 0 Å². The molecule has 0 radical (unpaired) electrons. The molecular weight excluding hydrogens is 672 g/mol. The van der Waals surface area contributed by atoms with Gasteiger partial charge in [0.15, 0.2) is 0 Å². The normalized spacial score (nSPS) is 12.2. The summed E-state index contributed by atoms with van der Waals surface area (Å²) in [5.41, 5.74) is 0. The Bertz CT molecular complexity index is 675. The Morgan fingerprint density at radius 1 is 0.606 bits per heavy atom. The van der Waals surface area contributed by atoms with Gasteiger partial charge in [0.2, 0.25) is 0 Å². The zero-order valence-electron chi connectivity index (χ0n) is 20.8. The van der Waals surface area contributed by atoms with E-state index in [4.69, 9.17) is 0 Å². The minimum absolute atomic E-state index is 0.179. The van der Waals surface area contributed by atoms with Crippen LogP contribution in [-0.2, 0) is 0 Å². The second-order valence-electron chi connectivity index (χ2n) is 8.45. The molecule has 0 aliphatic rings. The number of nitrogens with one attached hydrogen (secondary N) is 2. The van der Waals surface area contributed by atoms with Gasteiger partial charge in [-0.25, -0.2) is 0 Å². The Morgan fingerprint density at radius 2 is 0.970 bits per heavy atom. The predicted molar refractivity (Wildman–Crippen MR) is 156 cm³/mol. The van der Waals surface area contributed by atoms with Crippen molar-refractivity contribution in [3.63, 3.8) is 0 Å². The third-order valence-electron chi connectivity index (χ3n) is 6.29. The Hall–Kier alpha value is 0.639. The van der Waals surface area contributed by atoms with Crippen LogP contribution in [0.3, 0.4) is 0 Å². The third kappa shape index (κ3) is 11.1. The van der Waals surface area contributed by atoms with E-state index in [9.17, 15) is 0 Å². The molecule has 2 aromatic carbocycles. The molecular formula is C27H42N2S2Te2. The van der Waals surface area contributed by atoms with Crippen molar-refractivity contribution in [2.45, 2.75) is 69.3 Å². The molecule has 2 nitrogen and oxygen atoms in total. The molecule has 2 rings (SSSR count). The fourth-order valence-electron chi connectivity index (χ4n) is 3.49. The van der Waals surface area contributed by atoms with E-state index in [-0.39, 0.29) is 39.1 Å². The minimum atomic E-state index is -0.179. The summed E-state index contributed by atoms with van der Waals surface area (Å²) in [5, 5.41) is 7.60. The standard InChI is InChI=1S/C27H42N2S2Te2/c1-5-26(6-2,30-32-24-16-11-9-12-17-24)22-28-20-15-21-29-23-27(7-3,8-4)31-33-25-18-13-10-14-19-25/h9-14,16-19,28-29H,5-8,15,20-23H2,1-4H3. The second kappa shape index (κ2) is 17.2. The van der Waals surface area contributed by atoms with Crippen molar-refractivity contribution in [1.29, 1.82) is 0 Å². The van der Waals surface area contributed by atoms with Gasteiger partial charge in [-0.05, 0) is 0 Å². The molecule has 0 bridgehead atoms. The fraction of sp³-hybridized carbons (Fsp3) is 0.556. The van der Waals surface area contributed by atoms with Gasteiger partial charge in [0.1, 0.15) is 0 Å². The number of hydrogen-bond acceptors (Lipinski definition) is 4. The molecule has 2 aromatic rings. The van der Waals surface area contributed by atoms with Crippen LogP contribution in [0.4, 0.5) is 0 Å². The first kappa shape index (κ1) is 29.9. The van der Waals surface area contributed by atoms with Crippen LogP contribution >= 0.6 is 18.0 Å². The summed E-state index contributed by atoms with van der Waals surface area (Å²) >= 11 is -0.357. The van der Waals surface area contributed by atoms with Crippen LogP contribution < -0.4 is 17.9 Å². The molecule has 6 heteroatoms. The van der Waals surface area contributed by atoms with Crippen molar-refractivity contribution >= 4 is 64.3 Å². The van der Waals surface area contributed by atoms with Gasteiger partial charge < -0.3 is 0 Å². The summed E-state index contributed by atoms with van der Waals surface area (Å²) < 4.78 is 3.91. The van der Waals surface area contributed by atoms with Crippen molar-refractivity contribution in [3.8, 4) is 0 Å². The number of hydrogen-bond donors (Lipinski definition) is 2. The van der Waals surface area contributed by atoms with Gasteiger partial charge in [0, 0.05) is 0 Å². The molecule has 0 saturated carbocycles. The Balaban J connectivity index is 1.67. The van der Waals surface area contributed by atoms with E-state index in [1.54, 1.807) is 7.22 Å². The van der Waals surface area contributed by atoms with Crippen molar-refractivity contribution in [2.24, 2.45) is 0 Å². The van der Waals surface area contributed by atoms with E-state index in [0.717, 1.165) is 26.2 Å².